The summed E-state index contributed by atoms with van der Waals surface area (Å²) in [5.41, 5.74) is 1.45. The van der Waals surface area contributed by atoms with E-state index in [2.05, 4.69) is 26.9 Å². The summed E-state index contributed by atoms with van der Waals surface area (Å²) in [4.78, 5) is 38.3. The number of halogens is 2. The van der Waals surface area contributed by atoms with Crippen LogP contribution >= 0.6 is 34.5 Å². The number of anilines is 1. The third-order valence-electron chi connectivity index (χ3n) is 5.34. The second kappa shape index (κ2) is 11.2. The van der Waals surface area contributed by atoms with Crippen molar-refractivity contribution in [3.05, 3.63) is 56.9 Å². The Morgan fingerprint density at radius 2 is 2.15 bits per heavy atom. The second-order valence-electron chi connectivity index (χ2n) is 7.52. The van der Waals surface area contributed by atoms with Crippen LogP contribution < -0.4 is 10.2 Å². The van der Waals surface area contributed by atoms with E-state index in [9.17, 15) is 14.7 Å². The number of nitrogens with zero attached hydrogens (tertiary/aromatic N) is 3. The minimum Gasteiger partial charge on any atom is -0.477 e. The predicted octanol–water partition coefficient (Wildman–Crippen LogP) is 4.32. The fourth-order valence-electron chi connectivity index (χ4n) is 3.59. The van der Waals surface area contributed by atoms with Crippen LogP contribution in [0.2, 0.25) is 10.0 Å². The molecule has 3 rings (SSSR count). The highest BCUT2D eigenvalue weighted by molar-refractivity contribution is 7.17. The number of carboxylic acid groups (broad SMARTS) is 1. The van der Waals surface area contributed by atoms with Crippen LogP contribution in [0.15, 0.2) is 29.9 Å². The number of aromatic amines is 1. The van der Waals surface area contributed by atoms with Gasteiger partial charge in [0.2, 0.25) is 0 Å². The summed E-state index contributed by atoms with van der Waals surface area (Å²) >= 11 is 13.3. The van der Waals surface area contributed by atoms with Gasteiger partial charge in [-0.05, 0) is 26.3 Å². The molecule has 1 aliphatic rings. The van der Waals surface area contributed by atoms with Crippen molar-refractivity contribution < 1.29 is 19.4 Å². The number of H-pyrrole nitrogens is 1. The van der Waals surface area contributed by atoms with Crippen molar-refractivity contribution in [1.82, 2.24) is 15.3 Å². The second-order valence-corrected chi connectivity index (χ2v) is 9.26. The average Bonchev–Trinajstić information content (AvgIpc) is 3.37. The van der Waals surface area contributed by atoms with Crippen LogP contribution in [0.1, 0.15) is 44.9 Å². The Hall–Kier alpha value is -2.66. The highest BCUT2D eigenvalue weighted by atomic mass is 35.5. The molecule has 1 aliphatic heterocycles. The van der Waals surface area contributed by atoms with E-state index < -0.39 is 5.97 Å². The lowest BCUT2D eigenvalue weighted by Gasteiger charge is -2.37. The molecule has 0 aliphatic carbocycles. The molecule has 0 aromatic carbocycles. The first-order valence-corrected chi connectivity index (χ1v) is 12.0. The number of aromatic nitrogens is 2. The molecule has 2 atom stereocenters. The van der Waals surface area contributed by atoms with Crippen LogP contribution in [0, 0.1) is 6.92 Å². The molecule has 2 aromatic rings. The monoisotopic (exact) mass is 525 g/mol. The molecule has 34 heavy (non-hydrogen) atoms. The van der Waals surface area contributed by atoms with Gasteiger partial charge in [0.15, 0.2) is 5.13 Å². The molecule has 1 fully saturated rings. The lowest BCUT2D eigenvalue weighted by molar-refractivity contribution is 0.0540. The lowest BCUT2D eigenvalue weighted by atomic mass is 10.0. The van der Waals surface area contributed by atoms with E-state index >= 15 is 0 Å². The summed E-state index contributed by atoms with van der Waals surface area (Å²) in [7, 11) is 1.56. The topological polar surface area (TPSA) is 120 Å². The van der Waals surface area contributed by atoms with Crippen LogP contribution in [-0.2, 0) is 4.74 Å². The summed E-state index contributed by atoms with van der Waals surface area (Å²) in [5.74, 6) is -1.46. The SMILES string of the molecule is C=CC(=N/C=C\C)c1nc(N2CC[C@@H](NC(=O)c3[nH]c(C)c(Cl)c3Cl)[C@@H](OC)C2)sc1C(=O)O. The molecule has 9 nitrogen and oxygen atoms in total. The van der Waals surface area contributed by atoms with Gasteiger partial charge in [-0.3, -0.25) is 9.79 Å². The van der Waals surface area contributed by atoms with E-state index in [0.29, 0.717) is 41.1 Å². The molecular formula is C22H25Cl2N5O4S. The average molecular weight is 526 g/mol. The number of carbonyl (C=O) groups excluding carboxylic acids is 1. The Balaban J connectivity index is 1.80. The fourth-order valence-corrected chi connectivity index (χ4v) is 4.96. The number of allylic oxidation sites excluding steroid dienone is 2. The zero-order valence-corrected chi connectivity index (χ0v) is 21.2. The quantitative estimate of drug-likeness (QED) is 0.441. The van der Waals surface area contributed by atoms with Crippen molar-refractivity contribution in [2.45, 2.75) is 32.4 Å². The first kappa shape index (κ1) is 26.0. The zero-order valence-electron chi connectivity index (χ0n) is 18.9. The van der Waals surface area contributed by atoms with Crippen molar-refractivity contribution in [2.75, 3.05) is 25.1 Å². The van der Waals surface area contributed by atoms with E-state index in [0.717, 1.165) is 11.3 Å². The van der Waals surface area contributed by atoms with E-state index in [1.165, 1.54) is 6.08 Å². The van der Waals surface area contributed by atoms with Crippen molar-refractivity contribution in [3.63, 3.8) is 0 Å². The summed E-state index contributed by atoms with van der Waals surface area (Å²) in [6.45, 7) is 8.20. The number of hydrogen-bond donors (Lipinski definition) is 3. The van der Waals surface area contributed by atoms with Crippen LogP contribution in [0.4, 0.5) is 5.13 Å². The Bertz CT molecular complexity index is 1160. The normalized spacial score (nSPS) is 19.0. The van der Waals surface area contributed by atoms with Crippen molar-refractivity contribution in [3.8, 4) is 0 Å². The van der Waals surface area contributed by atoms with Gasteiger partial charge in [0.05, 0.1) is 27.9 Å². The third-order valence-corrected chi connectivity index (χ3v) is 7.39. The van der Waals surface area contributed by atoms with Crippen molar-refractivity contribution >= 4 is 57.3 Å². The lowest BCUT2D eigenvalue weighted by Crippen LogP contribution is -2.55. The van der Waals surface area contributed by atoms with Gasteiger partial charge in [0.1, 0.15) is 16.3 Å². The van der Waals surface area contributed by atoms with Crippen LogP contribution in [0.3, 0.4) is 0 Å². The number of amides is 1. The number of aliphatic imine (C=N–C) groups is 1. The van der Waals surface area contributed by atoms with Crippen molar-refractivity contribution in [1.29, 1.82) is 0 Å². The third kappa shape index (κ3) is 5.35. The van der Waals surface area contributed by atoms with Gasteiger partial charge in [-0.1, -0.05) is 47.2 Å². The Morgan fingerprint density at radius 1 is 1.41 bits per heavy atom. The largest absolute Gasteiger partial charge is 0.477 e. The number of carbonyl (C=O) groups is 2. The highest BCUT2D eigenvalue weighted by Gasteiger charge is 2.34. The summed E-state index contributed by atoms with van der Waals surface area (Å²) in [5, 5.41) is 13.7. The number of aryl methyl sites for hydroxylation is 1. The Kier molecular flexibility index (Phi) is 8.53. The van der Waals surface area contributed by atoms with E-state index in [4.69, 9.17) is 27.9 Å². The number of methoxy groups -OCH3 is 1. The smallest absolute Gasteiger partial charge is 0.348 e. The van der Waals surface area contributed by atoms with Crippen molar-refractivity contribution in [2.24, 2.45) is 4.99 Å². The molecule has 12 heteroatoms. The fraction of sp³-hybridized carbons (Fsp3) is 0.364. The number of rotatable bonds is 8. The molecule has 0 radical (unpaired) electrons. The van der Waals surface area contributed by atoms with Crippen LogP contribution in [0.25, 0.3) is 0 Å². The van der Waals surface area contributed by atoms with E-state index in [1.54, 1.807) is 26.3 Å². The number of hydrogen-bond acceptors (Lipinski definition) is 7. The number of thiazole rings is 1. The van der Waals surface area contributed by atoms with Crippen LogP contribution in [-0.4, -0.2) is 65.0 Å². The number of carboxylic acids is 1. The maximum absolute atomic E-state index is 12.8. The van der Waals surface area contributed by atoms with Gasteiger partial charge in [0.25, 0.3) is 5.91 Å². The molecule has 3 heterocycles. The number of aromatic carboxylic acids is 1. The minimum absolute atomic E-state index is 0.0798. The summed E-state index contributed by atoms with van der Waals surface area (Å²) in [6, 6.07) is -0.287. The molecule has 0 bridgehead atoms. The highest BCUT2D eigenvalue weighted by Crippen LogP contribution is 2.31. The first-order valence-electron chi connectivity index (χ1n) is 10.4. The molecule has 0 spiro atoms. The van der Waals surface area contributed by atoms with Gasteiger partial charge >= 0.3 is 5.97 Å². The molecule has 182 valence electrons. The molecule has 0 unspecified atom stereocenters. The van der Waals surface area contributed by atoms with E-state index in [1.807, 2.05) is 11.8 Å². The molecule has 0 saturated carbocycles. The maximum atomic E-state index is 12.8. The predicted molar refractivity (Wildman–Crippen MR) is 135 cm³/mol. The van der Waals surface area contributed by atoms with Gasteiger partial charge in [-0.25, -0.2) is 9.78 Å². The molecule has 3 N–H and O–H groups in total. The van der Waals surface area contributed by atoms with E-state index in [-0.39, 0.29) is 39.3 Å². The van der Waals surface area contributed by atoms with Gasteiger partial charge < -0.3 is 25.0 Å². The molecular weight excluding hydrogens is 501 g/mol. The number of ether oxygens (including phenoxy) is 1. The zero-order chi connectivity index (χ0) is 25.0. The Morgan fingerprint density at radius 3 is 2.71 bits per heavy atom. The Labute approximate surface area is 211 Å². The maximum Gasteiger partial charge on any atom is 0.348 e. The first-order chi connectivity index (χ1) is 16.2. The minimum atomic E-state index is -1.09. The molecule has 1 saturated heterocycles. The van der Waals surface area contributed by atoms with Gasteiger partial charge in [-0.2, -0.15) is 0 Å². The van der Waals surface area contributed by atoms with Gasteiger partial charge in [0, 0.05) is 32.1 Å². The summed E-state index contributed by atoms with van der Waals surface area (Å²) in [6.07, 6.45) is 4.95. The molecule has 1 amide bonds. The van der Waals surface area contributed by atoms with Gasteiger partial charge in [-0.15, -0.1) is 0 Å². The standard InChI is InChI=1S/C22H25Cl2N5O4S/c1-5-8-25-12(6-2)17-19(21(31)32)34-22(28-17)29-9-7-13(14(10-29)33-4)27-20(30)18-16(24)15(23)11(3)26-18/h5-6,8,13-14,26H,2,7,9-10H2,1,3-4H3,(H,27,30)(H,31,32)/b8-5-,25-12?/t13-,14+/m1/s1. The van der Waals surface area contributed by atoms with Crippen LogP contribution in [0.5, 0.6) is 0 Å². The number of nitrogens with one attached hydrogen (secondary N) is 2. The number of piperidine rings is 1. The summed E-state index contributed by atoms with van der Waals surface area (Å²) < 4.78 is 5.64. The molecule has 2 aromatic heterocycles.